The summed E-state index contributed by atoms with van der Waals surface area (Å²) < 4.78 is 0. The van der Waals surface area contributed by atoms with Gasteiger partial charge in [0.2, 0.25) is 0 Å². The number of nitrogens with one attached hydrogen (secondary N) is 2. The quantitative estimate of drug-likeness (QED) is 0.474. The first-order valence-electron chi connectivity index (χ1n) is 6.99. The number of nitrogens with zero attached hydrogens (tertiary/aromatic N) is 1. The van der Waals surface area contributed by atoms with Crippen LogP contribution >= 0.6 is 12.2 Å². The van der Waals surface area contributed by atoms with Gasteiger partial charge < -0.3 is 4.90 Å². The monoisotopic (exact) mass is 305 g/mol. The minimum atomic E-state index is -0.450. The minimum absolute atomic E-state index is 0.0520. The highest BCUT2D eigenvalue weighted by Gasteiger charge is 2.29. The van der Waals surface area contributed by atoms with Gasteiger partial charge in [-0.25, -0.2) is 0 Å². The highest BCUT2D eigenvalue weighted by atomic mass is 32.1. The summed E-state index contributed by atoms with van der Waals surface area (Å²) in [6.07, 6.45) is 5.95. The van der Waals surface area contributed by atoms with E-state index in [1.165, 1.54) is 0 Å². The fraction of sp³-hybridized carbons (Fsp3) is 0.400. The van der Waals surface area contributed by atoms with E-state index in [9.17, 15) is 9.59 Å². The molecule has 2 N–H and O–H groups in total. The van der Waals surface area contributed by atoms with Crippen molar-refractivity contribution in [2.24, 2.45) is 0 Å². The van der Waals surface area contributed by atoms with Gasteiger partial charge in [0.25, 0.3) is 11.8 Å². The summed E-state index contributed by atoms with van der Waals surface area (Å²) in [5, 5.41) is 4.98. The third-order valence-corrected chi connectivity index (χ3v) is 3.72. The summed E-state index contributed by atoms with van der Waals surface area (Å²) in [5.41, 5.74) is 2.78. The third kappa shape index (κ3) is 3.21. The van der Waals surface area contributed by atoms with Crippen LogP contribution in [0.4, 0.5) is 0 Å². The summed E-state index contributed by atoms with van der Waals surface area (Å²) in [5.74, 6) is -0.900. The Balaban J connectivity index is 2.36. The number of thiocarbonyl (C=S) groups is 1. The summed E-state index contributed by atoms with van der Waals surface area (Å²) in [6, 6.07) is 0. The second kappa shape index (κ2) is 6.22. The Labute approximate surface area is 129 Å². The molecular weight excluding hydrogens is 286 g/mol. The van der Waals surface area contributed by atoms with Crippen molar-refractivity contribution in [3.63, 3.8) is 0 Å². The van der Waals surface area contributed by atoms with Gasteiger partial charge in [-0.15, -0.1) is 0 Å². The number of allylic oxidation sites excluding steroid dienone is 5. The number of hydrogen-bond donors (Lipinski definition) is 2. The maximum Gasteiger partial charge on any atom is 0.263 e. The van der Waals surface area contributed by atoms with Crippen LogP contribution in [0.15, 0.2) is 34.7 Å². The lowest BCUT2D eigenvalue weighted by Gasteiger charge is -2.30. The zero-order chi connectivity index (χ0) is 15.6. The molecule has 2 heterocycles. The number of hydrogen-bond acceptors (Lipinski definition) is 4. The third-order valence-electron chi connectivity index (χ3n) is 3.51. The van der Waals surface area contributed by atoms with Crippen LogP contribution in [0.1, 0.15) is 33.6 Å². The van der Waals surface area contributed by atoms with E-state index in [0.717, 1.165) is 30.8 Å². The van der Waals surface area contributed by atoms with Crippen LogP contribution in [0.5, 0.6) is 0 Å². The van der Waals surface area contributed by atoms with Crippen molar-refractivity contribution >= 4 is 29.1 Å². The number of carbonyl (C=O) groups is 2. The lowest BCUT2D eigenvalue weighted by molar-refractivity contribution is -0.123. The Morgan fingerprint density at radius 2 is 1.62 bits per heavy atom. The molecule has 0 atom stereocenters. The molecule has 0 radical (unpaired) electrons. The van der Waals surface area contributed by atoms with E-state index in [-0.39, 0.29) is 10.7 Å². The first-order valence-corrected chi connectivity index (χ1v) is 7.40. The molecule has 2 aliphatic rings. The normalized spacial score (nSPS) is 19.2. The van der Waals surface area contributed by atoms with Crippen LogP contribution in [-0.4, -0.2) is 28.4 Å². The molecule has 0 aromatic heterocycles. The van der Waals surface area contributed by atoms with Gasteiger partial charge in [0.1, 0.15) is 5.57 Å². The van der Waals surface area contributed by atoms with Crippen molar-refractivity contribution in [3.05, 3.63) is 34.7 Å². The molecule has 21 heavy (non-hydrogen) atoms. The molecule has 0 unspecified atom stereocenters. The van der Waals surface area contributed by atoms with Crippen LogP contribution in [0, 0.1) is 0 Å². The van der Waals surface area contributed by atoms with Gasteiger partial charge in [0.05, 0.1) is 0 Å². The van der Waals surface area contributed by atoms with Gasteiger partial charge in [-0.05, 0) is 50.2 Å². The van der Waals surface area contributed by atoms with Crippen LogP contribution < -0.4 is 10.6 Å². The summed E-state index contributed by atoms with van der Waals surface area (Å²) in [6.45, 7) is 7.05. The zero-order valence-corrected chi connectivity index (χ0v) is 13.3. The van der Waals surface area contributed by atoms with Gasteiger partial charge in [0.15, 0.2) is 5.11 Å². The standard InChI is InChI=1S/C15H19N3O2S/c1-4-5-6-18-9(2)7-11(8-10(18)3)12-13(19)16-15(21)17-14(12)20/h7-8H,4-6H2,1-3H3,(H2,16,17,19,20,21). The molecule has 0 aliphatic carbocycles. The van der Waals surface area contributed by atoms with E-state index in [1.54, 1.807) is 0 Å². The van der Waals surface area contributed by atoms with Crippen LogP contribution in [0.2, 0.25) is 0 Å². The van der Waals surface area contributed by atoms with Crippen LogP contribution in [0.25, 0.3) is 0 Å². The maximum atomic E-state index is 12.0. The summed E-state index contributed by atoms with van der Waals surface area (Å²) in [7, 11) is 0. The number of carbonyl (C=O) groups excluding carboxylic acids is 2. The number of rotatable bonds is 3. The lowest BCUT2D eigenvalue weighted by Crippen LogP contribution is -2.51. The largest absolute Gasteiger partial charge is 0.349 e. The van der Waals surface area contributed by atoms with Gasteiger partial charge in [-0.3, -0.25) is 20.2 Å². The maximum absolute atomic E-state index is 12.0. The molecule has 2 amide bonds. The Bertz CT molecular complexity index is 558. The average Bonchev–Trinajstić information content (AvgIpc) is 2.36. The molecule has 0 bridgehead atoms. The summed E-state index contributed by atoms with van der Waals surface area (Å²) in [4.78, 5) is 26.2. The van der Waals surface area contributed by atoms with E-state index in [2.05, 4.69) is 22.5 Å². The first kappa shape index (κ1) is 15.4. The molecule has 0 spiro atoms. The number of unbranched alkanes of at least 4 members (excludes halogenated alkanes) is 1. The van der Waals surface area contributed by atoms with E-state index in [0.29, 0.717) is 5.57 Å². The van der Waals surface area contributed by atoms with Gasteiger partial charge in [-0.1, -0.05) is 13.3 Å². The second-order valence-electron chi connectivity index (χ2n) is 5.14. The van der Waals surface area contributed by atoms with Crippen molar-refractivity contribution < 1.29 is 9.59 Å². The smallest absolute Gasteiger partial charge is 0.263 e. The Morgan fingerprint density at radius 3 is 2.10 bits per heavy atom. The molecule has 0 saturated carbocycles. The van der Waals surface area contributed by atoms with Gasteiger partial charge >= 0.3 is 0 Å². The fourth-order valence-electron chi connectivity index (χ4n) is 2.47. The molecule has 112 valence electrons. The van der Waals surface area contributed by atoms with E-state index >= 15 is 0 Å². The molecule has 1 saturated heterocycles. The van der Waals surface area contributed by atoms with E-state index in [1.807, 2.05) is 26.0 Å². The van der Waals surface area contributed by atoms with Crippen LogP contribution in [-0.2, 0) is 9.59 Å². The predicted octanol–water partition coefficient (Wildman–Crippen LogP) is 1.74. The molecular formula is C15H19N3O2S. The highest BCUT2D eigenvalue weighted by molar-refractivity contribution is 7.80. The Morgan fingerprint density at radius 1 is 1.10 bits per heavy atom. The molecule has 1 fully saturated rings. The summed E-state index contributed by atoms with van der Waals surface area (Å²) >= 11 is 4.80. The van der Waals surface area contributed by atoms with Gasteiger partial charge in [0, 0.05) is 17.9 Å². The van der Waals surface area contributed by atoms with E-state index < -0.39 is 11.8 Å². The van der Waals surface area contributed by atoms with Crippen molar-refractivity contribution in [1.82, 2.24) is 15.5 Å². The Kier molecular flexibility index (Phi) is 4.57. The van der Waals surface area contributed by atoms with Crippen molar-refractivity contribution in [1.29, 1.82) is 0 Å². The molecule has 2 aliphatic heterocycles. The SMILES string of the molecule is CCCCN1C(C)=CC(=C2C(=O)NC(=S)NC2=O)C=C1C. The molecule has 0 aromatic rings. The highest BCUT2D eigenvalue weighted by Crippen LogP contribution is 2.25. The fourth-order valence-corrected chi connectivity index (χ4v) is 2.65. The molecule has 6 heteroatoms. The second-order valence-corrected chi connectivity index (χ2v) is 5.55. The first-order chi connectivity index (χ1) is 9.93. The average molecular weight is 305 g/mol. The van der Waals surface area contributed by atoms with Gasteiger partial charge in [-0.2, -0.15) is 0 Å². The van der Waals surface area contributed by atoms with Crippen molar-refractivity contribution in [2.75, 3.05) is 6.54 Å². The molecule has 2 rings (SSSR count). The van der Waals surface area contributed by atoms with Crippen molar-refractivity contribution in [3.8, 4) is 0 Å². The zero-order valence-electron chi connectivity index (χ0n) is 12.4. The lowest BCUT2D eigenvalue weighted by atomic mass is 10.00. The minimum Gasteiger partial charge on any atom is -0.349 e. The molecule has 5 nitrogen and oxygen atoms in total. The topological polar surface area (TPSA) is 61.4 Å². The predicted molar refractivity (Wildman–Crippen MR) is 85.0 cm³/mol. The van der Waals surface area contributed by atoms with Crippen molar-refractivity contribution in [2.45, 2.75) is 33.6 Å². The molecule has 0 aromatic carbocycles. The van der Waals surface area contributed by atoms with Crippen LogP contribution in [0.3, 0.4) is 0 Å². The van der Waals surface area contributed by atoms with E-state index in [4.69, 9.17) is 12.2 Å². The Hall–Kier alpha value is -1.95. The number of amides is 2.